The third kappa shape index (κ3) is 4.67. The Kier molecular flexibility index (Phi) is 5.70. The van der Waals surface area contributed by atoms with E-state index in [2.05, 4.69) is 10.1 Å². The van der Waals surface area contributed by atoms with E-state index in [1.807, 2.05) is 35.2 Å². The standard InChI is InChI=1S/C21H27N3O3/c25-20(13-16-7-4-5-8-16)24-12-6-9-17(14-24)21-22-19(27-23-21)15-26-18-10-2-1-3-11-18/h1-3,10-11,16-17H,4-9,12-15H2. The van der Waals surface area contributed by atoms with Gasteiger partial charge < -0.3 is 14.2 Å². The van der Waals surface area contributed by atoms with Gasteiger partial charge in [-0.25, -0.2) is 0 Å². The molecule has 1 unspecified atom stereocenters. The number of ether oxygens (including phenoxy) is 1. The van der Waals surface area contributed by atoms with E-state index in [0.717, 1.165) is 25.1 Å². The molecule has 1 saturated heterocycles. The maximum atomic E-state index is 12.6. The molecule has 0 spiro atoms. The average molecular weight is 369 g/mol. The lowest BCUT2D eigenvalue weighted by Crippen LogP contribution is -2.40. The van der Waals surface area contributed by atoms with Gasteiger partial charge in [-0.1, -0.05) is 36.2 Å². The summed E-state index contributed by atoms with van der Waals surface area (Å²) in [6.07, 6.45) is 7.65. The van der Waals surface area contributed by atoms with Gasteiger partial charge in [-0.05, 0) is 43.7 Å². The van der Waals surface area contributed by atoms with Crippen LogP contribution in [0.5, 0.6) is 5.75 Å². The van der Waals surface area contributed by atoms with E-state index < -0.39 is 0 Å². The molecule has 2 aliphatic rings. The highest BCUT2D eigenvalue weighted by atomic mass is 16.5. The summed E-state index contributed by atoms with van der Waals surface area (Å²) in [6.45, 7) is 1.81. The number of hydrogen-bond donors (Lipinski definition) is 0. The van der Waals surface area contributed by atoms with Gasteiger partial charge in [0.1, 0.15) is 5.75 Å². The molecule has 1 amide bonds. The molecule has 1 aliphatic carbocycles. The fourth-order valence-electron chi connectivity index (χ4n) is 4.16. The van der Waals surface area contributed by atoms with Crippen LogP contribution in [0.2, 0.25) is 0 Å². The largest absolute Gasteiger partial charge is 0.484 e. The Labute approximate surface area is 159 Å². The predicted molar refractivity (Wildman–Crippen MR) is 100 cm³/mol. The van der Waals surface area contributed by atoms with E-state index in [1.165, 1.54) is 25.7 Å². The zero-order valence-corrected chi connectivity index (χ0v) is 15.7. The highest BCUT2D eigenvalue weighted by Crippen LogP contribution is 2.30. The monoisotopic (exact) mass is 369 g/mol. The zero-order valence-electron chi connectivity index (χ0n) is 15.7. The molecule has 1 saturated carbocycles. The zero-order chi connectivity index (χ0) is 18.5. The maximum absolute atomic E-state index is 12.6. The topological polar surface area (TPSA) is 68.5 Å². The van der Waals surface area contributed by atoms with E-state index in [9.17, 15) is 4.79 Å². The Morgan fingerprint density at radius 1 is 1.15 bits per heavy atom. The average Bonchev–Trinajstić information content (AvgIpc) is 3.39. The van der Waals surface area contributed by atoms with Gasteiger partial charge in [0.05, 0.1) is 0 Å². The van der Waals surface area contributed by atoms with Gasteiger partial charge in [0.15, 0.2) is 12.4 Å². The van der Waals surface area contributed by atoms with Gasteiger partial charge in [0.25, 0.3) is 5.89 Å². The number of benzene rings is 1. The Hall–Kier alpha value is -2.37. The molecule has 144 valence electrons. The van der Waals surface area contributed by atoms with Crippen molar-refractivity contribution >= 4 is 5.91 Å². The lowest BCUT2D eigenvalue weighted by atomic mass is 9.96. The fraction of sp³-hybridized carbons (Fsp3) is 0.571. The number of carbonyl (C=O) groups excluding carboxylic acids is 1. The fourth-order valence-corrected chi connectivity index (χ4v) is 4.16. The molecule has 27 heavy (non-hydrogen) atoms. The molecule has 2 heterocycles. The second-order valence-electron chi connectivity index (χ2n) is 7.68. The smallest absolute Gasteiger partial charge is 0.264 e. The van der Waals surface area contributed by atoms with Crippen molar-refractivity contribution < 1.29 is 14.1 Å². The van der Waals surface area contributed by atoms with Gasteiger partial charge in [0.2, 0.25) is 5.91 Å². The SMILES string of the molecule is O=C(CC1CCCC1)N1CCCC(c2noc(COc3ccccc3)n2)C1. The molecule has 1 aliphatic heterocycles. The number of hydrogen-bond acceptors (Lipinski definition) is 5. The minimum atomic E-state index is 0.153. The molecule has 0 bridgehead atoms. The Morgan fingerprint density at radius 3 is 2.78 bits per heavy atom. The molecule has 1 aromatic heterocycles. The summed E-state index contributed by atoms with van der Waals surface area (Å²) < 4.78 is 11.0. The van der Waals surface area contributed by atoms with Crippen LogP contribution in [0.15, 0.2) is 34.9 Å². The van der Waals surface area contributed by atoms with Crippen LogP contribution in [-0.4, -0.2) is 34.0 Å². The molecule has 6 heteroatoms. The molecule has 0 radical (unpaired) electrons. The molecule has 4 rings (SSSR count). The summed E-state index contributed by atoms with van der Waals surface area (Å²) in [6, 6.07) is 9.58. The predicted octanol–water partition coefficient (Wildman–Crippen LogP) is 3.93. The second kappa shape index (κ2) is 8.55. The number of amides is 1. The van der Waals surface area contributed by atoms with E-state index >= 15 is 0 Å². The molecule has 1 aromatic carbocycles. The number of likely N-dealkylation sites (tertiary alicyclic amines) is 1. The lowest BCUT2D eigenvalue weighted by Gasteiger charge is -2.32. The van der Waals surface area contributed by atoms with Crippen LogP contribution in [0.25, 0.3) is 0 Å². The number of para-hydroxylation sites is 1. The third-order valence-electron chi connectivity index (χ3n) is 5.67. The van der Waals surface area contributed by atoms with E-state index in [1.54, 1.807) is 0 Å². The molecule has 2 aromatic rings. The molecule has 1 atom stereocenters. The van der Waals surface area contributed by atoms with Gasteiger partial charge in [-0.2, -0.15) is 4.98 Å². The second-order valence-corrected chi connectivity index (χ2v) is 7.68. The van der Waals surface area contributed by atoms with Crippen molar-refractivity contribution in [2.24, 2.45) is 5.92 Å². The molecule has 2 fully saturated rings. The molecular formula is C21H27N3O3. The first-order chi connectivity index (χ1) is 13.3. The summed E-state index contributed by atoms with van der Waals surface area (Å²) >= 11 is 0. The van der Waals surface area contributed by atoms with Crippen LogP contribution >= 0.6 is 0 Å². The Morgan fingerprint density at radius 2 is 1.96 bits per heavy atom. The number of nitrogens with zero attached hydrogens (tertiary/aromatic N) is 3. The van der Waals surface area contributed by atoms with Gasteiger partial charge in [0, 0.05) is 25.4 Å². The van der Waals surface area contributed by atoms with Crippen molar-refractivity contribution in [1.29, 1.82) is 0 Å². The minimum Gasteiger partial charge on any atom is -0.484 e. The van der Waals surface area contributed by atoms with Crippen LogP contribution in [0.1, 0.15) is 62.6 Å². The molecular weight excluding hydrogens is 342 g/mol. The highest BCUT2D eigenvalue weighted by molar-refractivity contribution is 5.76. The Bertz CT molecular complexity index is 740. The summed E-state index contributed by atoms with van der Waals surface area (Å²) in [5.41, 5.74) is 0. The summed E-state index contributed by atoms with van der Waals surface area (Å²) in [7, 11) is 0. The first-order valence-electron chi connectivity index (χ1n) is 10.1. The van der Waals surface area contributed by atoms with Gasteiger partial charge in [-0.3, -0.25) is 4.79 Å². The lowest BCUT2D eigenvalue weighted by molar-refractivity contribution is -0.133. The van der Waals surface area contributed by atoms with Crippen molar-refractivity contribution in [3.8, 4) is 5.75 Å². The van der Waals surface area contributed by atoms with Crippen molar-refractivity contribution in [2.75, 3.05) is 13.1 Å². The van der Waals surface area contributed by atoms with Gasteiger partial charge >= 0.3 is 0 Å². The minimum absolute atomic E-state index is 0.153. The van der Waals surface area contributed by atoms with E-state index in [-0.39, 0.29) is 12.5 Å². The van der Waals surface area contributed by atoms with Gasteiger partial charge in [-0.15, -0.1) is 0 Å². The van der Waals surface area contributed by atoms with Crippen molar-refractivity contribution in [1.82, 2.24) is 15.0 Å². The molecule has 0 N–H and O–H groups in total. The molecule has 6 nitrogen and oxygen atoms in total. The maximum Gasteiger partial charge on any atom is 0.264 e. The quantitative estimate of drug-likeness (QED) is 0.771. The first-order valence-corrected chi connectivity index (χ1v) is 10.1. The normalized spacial score (nSPS) is 20.7. The number of carbonyl (C=O) groups is 1. The highest BCUT2D eigenvalue weighted by Gasteiger charge is 2.29. The van der Waals surface area contributed by atoms with Crippen LogP contribution in [-0.2, 0) is 11.4 Å². The number of rotatable bonds is 6. The number of piperidine rings is 1. The Balaban J connectivity index is 1.31. The first kappa shape index (κ1) is 18.0. The summed E-state index contributed by atoms with van der Waals surface area (Å²) in [5, 5.41) is 4.15. The summed E-state index contributed by atoms with van der Waals surface area (Å²) in [5.74, 6) is 2.98. The summed E-state index contributed by atoms with van der Waals surface area (Å²) in [4.78, 5) is 19.1. The van der Waals surface area contributed by atoms with Crippen LogP contribution < -0.4 is 4.74 Å². The van der Waals surface area contributed by atoms with Crippen LogP contribution in [0.3, 0.4) is 0 Å². The van der Waals surface area contributed by atoms with E-state index in [0.29, 0.717) is 36.5 Å². The van der Waals surface area contributed by atoms with Crippen molar-refractivity contribution in [3.05, 3.63) is 42.0 Å². The van der Waals surface area contributed by atoms with Crippen molar-refractivity contribution in [3.63, 3.8) is 0 Å². The van der Waals surface area contributed by atoms with Crippen LogP contribution in [0.4, 0.5) is 0 Å². The van der Waals surface area contributed by atoms with E-state index in [4.69, 9.17) is 9.26 Å². The van der Waals surface area contributed by atoms with Crippen LogP contribution in [0, 0.1) is 5.92 Å². The van der Waals surface area contributed by atoms with Crippen molar-refractivity contribution in [2.45, 2.75) is 57.5 Å². The number of aromatic nitrogens is 2. The third-order valence-corrected chi connectivity index (χ3v) is 5.67.